The van der Waals surface area contributed by atoms with Gasteiger partial charge in [0, 0.05) is 30.9 Å². The lowest BCUT2D eigenvalue weighted by molar-refractivity contribution is 0.0695. The Bertz CT molecular complexity index is 1090. The van der Waals surface area contributed by atoms with Gasteiger partial charge in [-0.15, -0.1) is 0 Å². The lowest BCUT2D eigenvalue weighted by Gasteiger charge is -2.25. The van der Waals surface area contributed by atoms with Crippen LogP contribution in [0.2, 0.25) is 0 Å². The normalized spacial score (nSPS) is 22.9. The van der Waals surface area contributed by atoms with Crippen LogP contribution in [0.15, 0.2) is 17.1 Å². The smallest absolute Gasteiger partial charge is 0.341 e. The SMILES string of the molecule is COc1c(N2CC[C@@H](C3(N)CC3)C2)c(F)cc2c(=O)c(C(=O)O)cn(C3CC3)c12. The molecule has 1 aromatic carbocycles. The molecule has 0 unspecified atom stereocenters. The number of methoxy groups -OCH3 is 1. The van der Waals surface area contributed by atoms with E-state index in [9.17, 15) is 14.7 Å². The number of carboxylic acids is 1. The van der Waals surface area contributed by atoms with Crippen LogP contribution in [-0.4, -0.2) is 41.4 Å². The molecule has 7 nitrogen and oxygen atoms in total. The third kappa shape index (κ3) is 2.80. The summed E-state index contributed by atoms with van der Waals surface area (Å²) < 4.78 is 22.7. The predicted octanol–water partition coefficient (Wildman–Crippen LogP) is 2.50. The Kier molecular flexibility index (Phi) is 3.93. The lowest BCUT2D eigenvalue weighted by atomic mass is 9.97. The van der Waals surface area contributed by atoms with Gasteiger partial charge in [-0.2, -0.15) is 0 Å². The number of fused-ring (bicyclic) bond motifs is 1. The van der Waals surface area contributed by atoms with Gasteiger partial charge < -0.3 is 25.0 Å². The number of benzene rings is 1. The van der Waals surface area contributed by atoms with Crippen LogP contribution < -0.4 is 20.8 Å². The van der Waals surface area contributed by atoms with E-state index >= 15 is 4.39 Å². The van der Waals surface area contributed by atoms with Gasteiger partial charge in [-0.3, -0.25) is 4.79 Å². The van der Waals surface area contributed by atoms with Crippen LogP contribution in [0.3, 0.4) is 0 Å². The van der Waals surface area contributed by atoms with Crippen LogP contribution in [0.5, 0.6) is 5.75 Å². The van der Waals surface area contributed by atoms with Crippen molar-refractivity contribution in [1.29, 1.82) is 0 Å². The molecule has 3 N–H and O–H groups in total. The van der Waals surface area contributed by atoms with Gasteiger partial charge in [0.25, 0.3) is 0 Å². The molecule has 8 heteroatoms. The van der Waals surface area contributed by atoms with E-state index in [-0.39, 0.29) is 22.5 Å². The fraction of sp³-hybridized carbons (Fsp3) is 0.524. The molecule has 3 fully saturated rings. The molecule has 1 atom stereocenters. The Morgan fingerprint density at radius 1 is 1.34 bits per heavy atom. The summed E-state index contributed by atoms with van der Waals surface area (Å²) in [5.41, 5.74) is 6.01. The van der Waals surface area contributed by atoms with E-state index in [2.05, 4.69) is 0 Å². The van der Waals surface area contributed by atoms with Crippen molar-refractivity contribution in [1.82, 2.24) is 4.57 Å². The van der Waals surface area contributed by atoms with Crippen LogP contribution in [0.1, 0.15) is 48.5 Å². The Morgan fingerprint density at radius 2 is 2.07 bits per heavy atom. The van der Waals surface area contributed by atoms with Crippen molar-refractivity contribution >= 4 is 22.6 Å². The summed E-state index contributed by atoms with van der Waals surface area (Å²) in [6.07, 6.45) is 6.04. The van der Waals surface area contributed by atoms with Gasteiger partial charge >= 0.3 is 5.97 Å². The molecule has 5 rings (SSSR count). The minimum absolute atomic E-state index is 0.0446. The van der Waals surface area contributed by atoms with Gasteiger partial charge in [-0.1, -0.05) is 0 Å². The topological polar surface area (TPSA) is 97.8 Å². The molecule has 1 aliphatic heterocycles. The van der Waals surface area contributed by atoms with E-state index in [1.165, 1.54) is 19.4 Å². The second-order valence-corrected chi connectivity index (χ2v) is 8.62. The van der Waals surface area contributed by atoms with Crippen molar-refractivity contribution in [2.45, 2.75) is 43.7 Å². The number of nitrogens with two attached hydrogens (primary N) is 1. The monoisotopic (exact) mass is 401 g/mol. The van der Waals surface area contributed by atoms with E-state index < -0.39 is 17.2 Å². The zero-order chi connectivity index (χ0) is 20.5. The average molecular weight is 401 g/mol. The van der Waals surface area contributed by atoms with E-state index in [1.54, 1.807) is 4.57 Å². The standard InChI is InChI=1S/C21H24FN3O4/c1-29-19-16-13(18(26)14(20(27)28)10-25(16)12-2-3-12)8-15(22)17(19)24-7-4-11(9-24)21(23)5-6-21/h8,10-12H,2-7,9,23H2,1H3,(H,27,28)/t11-/m1/s1. The van der Waals surface area contributed by atoms with Crippen LogP contribution >= 0.6 is 0 Å². The Hall–Kier alpha value is -2.61. The number of aromatic carboxylic acids is 1. The number of anilines is 1. The maximum atomic E-state index is 15.3. The number of carbonyl (C=O) groups is 1. The summed E-state index contributed by atoms with van der Waals surface area (Å²) in [5.74, 6) is -1.28. The molecule has 154 valence electrons. The largest absolute Gasteiger partial charge is 0.492 e. The quantitative estimate of drug-likeness (QED) is 0.799. The van der Waals surface area contributed by atoms with Crippen LogP contribution in [0.25, 0.3) is 10.9 Å². The summed E-state index contributed by atoms with van der Waals surface area (Å²) in [4.78, 5) is 26.3. The Morgan fingerprint density at radius 3 is 2.66 bits per heavy atom. The molecule has 2 saturated carbocycles. The third-order valence-corrected chi connectivity index (χ3v) is 6.72. The minimum Gasteiger partial charge on any atom is -0.492 e. The van der Waals surface area contributed by atoms with Crippen LogP contribution in [0, 0.1) is 11.7 Å². The number of aromatic nitrogens is 1. The molecule has 0 amide bonds. The van der Waals surface area contributed by atoms with Crippen molar-refractivity contribution < 1.29 is 19.0 Å². The molecule has 1 saturated heterocycles. The minimum atomic E-state index is -1.31. The van der Waals surface area contributed by atoms with Crippen molar-refractivity contribution in [3.8, 4) is 5.75 Å². The number of carboxylic acid groups (broad SMARTS) is 1. The highest BCUT2D eigenvalue weighted by atomic mass is 19.1. The Balaban J connectivity index is 1.71. The van der Waals surface area contributed by atoms with Crippen LogP contribution in [0.4, 0.5) is 10.1 Å². The molecule has 0 radical (unpaired) electrons. The predicted molar refractivity (Wildman–Crippen MR) is 106 cm³/mol. The maximum absolute atomic E-state index is 15.3. The first-order chi connectivity index (χ1) is 13.8. The van der Waals surface area contributed by atoms with E-state index in [0.29, 0.717) is 36.0 Å². The number of ether oxygens (including phenoxy) is 1. The number of halogens is 1. The van der Waals surface area contributed by atoms with Crippen molar-refractivity contribution in [2.75, 3.05) is 25.1 Å². The molecule has 0 spiro atoms. The van der Waals surface area contributed by atoms with Gasteiger partial charge in [0.15, 0.2) is 11.6 Å². The Labute approximate surface area is 166 Å². The lowest BCUT2D eigenvalue weighted by Crippen LogP contribution is -2.34. The number of hydrogen-bond donors (Lipinski definition) is 2. The average Bonchev–Trinajstić information content (AvgIpc) is 3.61. The summed E-state index contributed by atoms with van der Waals surface area (Å²) >= 11 is 0. The molecule has 0 bridgehead atoms. The number of rotatable bonds is 5. The molecule has 2 aromatic rings. The van der Waals surface area contributed by atoms with E-state index in [0.717, 1.165) is 32.1 Å². The maximum Gasteiger partial charge on any atom is 0.341 e. The summed E-state index contributed by atoms with van der Waals surface area (Å²) in [7, 11) is 1.46. The number of hydrogen-bond acceptors (Lipinski definition) is 5. The number of nitrogens with zero attached hydrogens (tertiary/aromatic N) is 2. The third-order valence-electron chi connectivity index (χ3n) is 6.72. The van der Waals surface area contributed by atoms with Crippen molar-refractivity contribution in [2.24, 2.45) is 11.7 Å². The highest BCUT2D eigenvalue weighted by molar-refractivity contribution is 5.97. The van der Waals surface area contributed by atoms with Crippen LogP contribution in [-0.2, 0) is 0 Å². The van der Waals surface area contributed by atoms with E-state index in [4.69, 9.17) is 10.5 Å². The summed E-state index contributed by atoms with van der Waals surface area (Å²) in [5, 5.41) is 9.47. The molecular formula is C21H24FN3O4. The summed E-state index contributed by atoms with van der Waals surface area (Å²) in [6.45, 7) is 1.32. The van der Waals surface area contributed by atoms with Crippen molar-refractivity contribution in [3.05, 3.63) is 33.9 Å². The van der Waals surface area contributed by atoms with Gasteiger partial charge in [0.1, 0.15) is 11.3 Å². The molecule has 1 aromatic heterocycles. The van der Waals surface area contributed by atoms with E-state index in [1.807, 2.05) is 4.90 Å². The second kappa shape index (κ2) is 6.19. The zero-order valence-electron chi connectivity index (χ0n) is 16.3. The molecule has 29 heavy (non-hydrogen) atoms. The zero-order valence-corrected chi connectivity index (χ0v) is 16.3. The number of pyridine rings is 1. The molecule has 3 aliphatic rings. The first-order valence-corrected chi connectivity index (χ1v) is 10.1. The summed E-state index contributed by atoms with van der Waals surface area (Å²) in [6, 6.07) is 1.26. The van der Waals surface area contributed by atoms with Gasteiger partial charge in [-0.05, 0) is 44.1 Å². The van der Waals surface area contributed by atoms with Gasteiger partial charge in [-0.25, -0.2) is 9.18 Å². The molecular weight excluding hydrogens is 377 g/mol. The first-order valence-electron chi connectivity index (χ1n) is 10.1. The fourth-order valence-corrected chi connectivity index (χ4v) is 4.71. The first kappa shape index (κ1) is 18.4. The van der Waals surface area contributed by atoms with Gasteiger partial charge in [0.05, 0.1) is 18.0 Å². The second-order valence-electron chi connectivity index (χ2n) is 8.62. The fourth-order valence-electron chi connectivity index (χ4n) is 4.71. The van der Waals surface area contributed by atoms with Gasteiger partial charge in [0.2, 0.25) is 5.43 Å². The molecule has 2 heterocycles. The van der Waals surface area contributed by atoms with Crippen molar-refractivity contribution in [3.63, 3.8) is 0 Å². The highest BCUT2D eigenvalue weighted by Crippen LogP contribution is 2.48. The molecule has 2 aliphatic carbocycles. The highest BCUT2D eigenvalue weighted by Gasteiger charge is 2.48.